The molecule has 0 saturated heterocycles. The van der Waals surface area contributed by atoms with Crippen LogP contribution in [0.1, 0.15) is 42.6 Å². The zero-order valence-corrected chi connectivity index (χ0v) is 14.0. The molecule has 0 spiro atoms. The highest BCUT2D eigenvalue weighted by Crippen LogP contribution is 2.29. The highest BCUT2D eigenvalue weighted by atomic mass is 19.4. The Morgan fingerprint density at radius 3 is 2.25 bits per heavy atom. The summed E-state index contributed by atoms with van der Waals surface area (Å²) in [5.41, 5.74) is -0.746. The molecule has 24 heavy (non-hydrogen) atoms. The van der Waals surface area contributed by atoms with E-state index in [4.69, 9.17) is 4.74 Å². The number of alkyl halides is 3. The first-order chi connectivity index (χ1) is 11.1. The van der Waals surface area contributed by atoms with Gasteiger partial charge in [-0.1, -0.05) is 13.8 Å². The van der Waals surface area contributed by atoms with Crippen LogP contribution >= 0.6 is 0 Å². The van der Waals surface area contributed by atoms with Gasteiger partial charge >= 0.3 is 12.1 Å². The van der Waals surface area contributed by atoms with Crippen LogP contribution in [0.15, 0.2) is 24.3 Å². The van der Waals surface area contributed by atoms with Crippen molar-refractivity contribution in [2.24, 2.45) is 5.92 Å². The molecule has 0 saturated carbocycles. The summed E-state index contributed by atoms with van der Waals surface area (Å²) in [4.78, 5) is 24.9. The third kappa shape index (κ3) is 6.60. The summed E-state index contributed by atoms with van der Waals surface area (Å²) in [7, 11) is 1.40. The normalized spacial score (nSPS) is 11.5. The van der Waals surface area contributed by atoms with Crippen molar-refractivity contribution in [3.05, 3.63) is 35.4 Å². The van der Waals surface area contributed by atoms with Crippen LogP contribution in [0.2, 0.25) is 0 Å². The second kappa shape index (κ2) is 8.70. The Morgan fingerprint density at radius 2 is 1.75 bits per heavy atom. The Hall–Kier alpha value is -2.05. The van der Waals surface area contributed by atoms with Gasteiger partial charge in [0.15, 0.2) is 0 Å². The molecule has 0 radical (unpaired) electrons. The lowest BCUT2D eigenvalue weighted by molar-refractivity contribution is -0.144. The number of carbonyl (C=O) groups is 2. The van der Waals surface area contributed by atoms with Crippen molar-refractivity contribution in [3.63, 3.8) is 0 Å². The quantitative estimate of drug-likeness (QED) is 0.558. The molecule has 0 atom stereocenters. The van der Waals surface area contributed by atoms with Crippen LogP contribution in [0, 0.1) is 5.92 Å². The molecule has 0 heterocycles. The van der Waals surface area contributed by atoms with Gasteiger partial charge in [0.25, 0.3) is 5.91 Å². The van der Waals surface area contributed by atoms with Crippen molar-refractivity contribution in [2.45, 2.75) is 32.9 Å². The largest absolute Gasteiger partial charge is 0.464 e. The second-order valence-electron chi connectivity index (χ2n) is 5.99. The van der Waals surface area contributed by atoms with E-state index in [9.17, 15) is 22.8 Å². The Morgan fingerprint density at radius 1 is 1.17 bits per heavy atom. The van der Waals surface area contributed by atoms with Crippen LogP contribution in [0.4, 0.5) is 13.2 Å². The predicted molar refractivity (Wildman–Crippen MR) is 83.4 cm³/mol. The van der Waals surface area contributed by atoms with Gasteiger partial charge in [0.2, 0.25) is 0 Å². The van der Waals surface area contributed by atoms with Gasteiger partial charge in [0.05, 0.1) is 12.2 Å². The van der Waals surface area contributed by atoms with Gasteiger partial charge in [0, 0.05) is 12.6 Å². The molecule has 1 aromatic carbocycles. The minimum atomic E-state index is -4.45. The zero-order valence-electron chi connectivity index (χ0n) is 14.0. The molecule has 0 unspecified atom stereocenters. The number of likely N-dealkylation sites (N-methyl/N-ethyl adjacent to an activating group) is 1. The Balaban J connectivity index is 2.51. The molecule has 1 rings (SSSR count). The second-order valence-corrected chi connectivity index (χ2v) is 5.99. The lowest BCUT2D eigenvalue weighted by Gasteiger charge is -2.17. The van der Waals surface area contributed by atoms with Crippen molar-refractivity contribution < 1.29 is 27.5 Å². The van der Waals surface area contributed by atoms with Crippen molar-refractivity contribution in [2.75, 3.05) is 20.2 Å². The molecular formula is C17H22F3NO3. The molecule has 7 heteroatoms. The standard InChI is InChI=1S/C17H22F3NO3/c1-12(2)5-4-10-24-15(22)11-21(3)16(23)13-6-8-14(9-7-13)17(18,19)20/h6-9,12H,4-5,10-11H2,1-3H3. The van der Waals surface area contributed by atoms with Gasteiger partial charge in [-0.05, 0) is 43.0 Å². The summed E-state index contributed by atoms with van der Waals surface area (Å²) in [5.74, 6) is -0.558. The molecule has 0 aromatic heterocycles. The molecule has 0 bridgehead atoms. The highest BCUT2D eigenvalue weighted by molar-refractivity contribution is 5.95. The van der Waals surface area contributed by atoms with Gasteiger partial charge < -0.3 is 9.64 Å². The van der Waals surface area contributed by atoms with E-state index in [1.54, 1.807) is 0 Å². The number of nitrogens with zero attached hydrogens (tertiary/aromatic N) is 1. The number of amides is 1. The molecule has 1 aromatic rings. The van der Waals surface area contributed by atoms with Gasteiger partial charge in [-0.3, -0.25) is 9.59 Å². The maximum atomic E-state index is 12.5. The zero-order chi connectivity index (χ0) is 18.3. The first kappa shape index (κ1) is 20.0. The lowest BCUT2D eigenvalue weighted by atomic mass is 10.1. The van der Waals surface area contributed by atoms with Gasteiger partial charge in [0.1, 0.15) is 6.54 Å². The molecule has 0 aliphatic carbocycles. The lowest BCUT2D eigenvalue weighted by Crippen LogP contribution is -2.33. The van der Waals surface area contributed by atoms with E-state index in [2.05, 4.69) is 13.8 Å². The monoisotopic (exact) mass is 345 g/mol. The number of benzene rings is 1. The van der Waals surface area contributed by atoms with Gasteiger partial charge in [-0.25, -0.2) is 0 Å². The first-order valence-electron chi connectivity index (χ1n) is 7.69. The van der Waals surface area contributed by atoms with Crippen molar-refractivity contribution in [1.82, 2.24) is 4.90 Å². The average molecular weight is 345 g/mol. The summed E-state index contributed by atoms with van der Waals surface area (Å²) < 4.78 is 42.5. The smallest absolute Gasteiger partial charge is 0.416 e. The van der Waals surface area contributed by atoms with E-state index in [0.29, 0.717) is 12.5 Å². The number of esters is 1. The number of carbonyl (C=O) groups excluding carboxylic acids is 2. The Bertz CT molecular complexity index is 553. The van der Waals surface area contributed by atoms with E-state index in [0.717, 1.165) is 42.0 Å². The van der Waals surface area contributed by atoms with Crippen LogP contribution in [0.5, 0.6) is 0 Å². The summed E-state index contributed by atoms with van der Waals surface area (Å²) in [6.45, 7) is 4.18. The Labute approximate surface area is 139 Å². The molecule has 0 aliphatic heterocycles. The average Bonchev–Trinajstić information content (AvgIpc) is 2.50. The fraction of sp³-hybridized carbons (Fsp3) is 0.529. The van der Waals surface area contributed by atoms with Crippen molar-refractivity contribution in [3.8, 4) is 0 Å². The van der Waals surface area contributed by atoms with E-state index >= 15 is 0 Å². The van der Waals surface area contributed by atoms with E-state index < -0.39 is 23.6 Å². The maximum Gasteiger partial charge on any atom is 0.416 e. The minimum absolute atomic E-state index is 0.0816. The number of halogens is 3. The third-order valence-electron chi connectivity index (χ3n) is 3.36. The predicted octanol–water partition coefficient (Wildman–Crippen LogP) is 3.76. The summed E-state index contributed by atoms with van der Waals surface area (Å²) in [5, 5.41) is 0. The van der Waals surface area contributed by atoms with Gasteiger partial charge in [-0.2, -0.15) is 13.2 Å². The highest BCUT2D eigenvalue weighted by Gasteiger charge is 2.30. The molecule has 0 aliphatic rings. The van der Waals surface area contributed by atoms with E-state index in [1.165, 1.54) is 7.05 Å². The molecule has 0 N–H and O–H groups in total. The van der Waals surface area contributed by atoms with Crippen LogP contribution in [0.25, 0.3) is 0 Å². The Kier molecular flexibility index (Phi) is 7.25. The number of hydrogen-bond acceptors (Lipinski definition) is 3. The van der Waals surface area contributed by atoms with Crippen LogP contribution in [0.3, 0.4) is 0 Å². The molecular weight excluding hydrogens is 323 g/mol. The minimum Gasteiger partial charge on any atom is -0.464 e. The van der Waals surface area contributed by atoms with E-state index in [-0.39, 0.29) is 12.1 Å². The molecule has 1 amide bonds. The van der Waals surface area contributed by atoms with Gasteiger partial charge in [-0.15, -0.1) is 0 Å². The third-order valence-corrected chi connectivity index (χ3v) is 3.36. The van der Waals surface area contributed by atoms with Crippen LogP contribution in [-0.2, 0) is 15.7 Å². The topological polar surface area (TPSA) is 46.6 Å². The molecule has 134 valence electrons. The summed E-state index contributed by atoms with van der Waals surface area (Å²) in [6.07, 6.45) is -2.76. The maximum absolute atomic E-state index is 12.5. The number of ether oxygens (including phenoxy) is 1. The summed E-state index contributed by atoms with van der Waals surface area (Å²) >= 11 is 0. The fourth-order valence-corrected chi connectivity index (χ4v) is 2.01. The van der Waals surface area contributed by atoms with Crippen molar-refractivity contribution in [1.29, 1.82) is 0 Å². The molecule has 0 fully saturated rings. The number of rotatable bonds is 7. The van der Waals surface area contributed by atoms with E-state index in [1.807, 2.05) is 0 Å². The van der Waals surface area contributed by atoms with Crippen LogP contribution in [-0.4, -0.2) is 37.0 Å². The number of hydrogen-bond donors (Lipinski definition) is 0. The summed E-state index contributed by atoms with van der Waals surface area (Å²) in [6, 6.07) is 3.86. The first-order valence-corrected chi connectivity index (χ1v) is 7.69. The van der Waals surface area contributed by atoms with Crippen LogP contribution < -0.4 is 0 Å². The molecule has 4 nitrogen and oxygen atoms in total. The fourth-order valence-electron chi connectivity index (χ4n) is 2.01. The SMILES string of the molecule is CC(C)CCCOC(=O)CN(C)C(=O)c1ccc(C(F)(F)F)cc1. The van der Waals surface area contributed by atoms with Crippen molar-refractivity contribution >= 4 is 11.9 Å².